The van der Waals surface area contributed by atoms with E-state index in [0.29, 0.717) is 28.9 Å². The molecule has 2 heterocycles. The quantitative estimate of drug-likeness (QED) is 0.572. The zero-order chi connectivity index (χ0) is 14.7. The number of methoxy groups -OCH3 is 1. The molecule has 2 aromatic heterocycles. The maximum absolute atomic E-state index is 5.73. The molecular weight excluding hydrogens is 290 g/mol. The number of rotatable bonds is 5. The fourth-order valence-electron chi connectivity index (χ4n) is 1.76. The van der Waals surface area contributed by atoms with Gasteiger partial charge in [-0.1, -0.05) is 5.16 Å². The number of ether oxygens (including phenoxy) is 1. The number of nitrogens with zero attached hydrogens (tertiary/aromatic N) is 2. The van der Waals surface area contributed by atoms with Crippen molar-refractivity contribution < 1.29 is 13.7 Å². The van der Waals surface area contributed by atoms with Crippen LogP contribution in [0.25, 0.3) is 11.7 Å². The first-order valence-corrected chi connectivity index (χ1v) is 7.17. The van der Waals surface area contributed by atoms with Gasteiger partial charge in [0.15, 0.2) is 11.6 Å². The highest BCUT2D eigenvalue weighted by Crippen LogP contribution is 2.32. The largest absolute Gasteiger partial charge is 0.496 e. The number of nitrogens with two attached hydrogens (primary N) is 1. The number of aromatic nitrogens is 2. The van der Waals surface area contributed by atoms with Crippen molar-refractivity contribution in [3.05, 3.63) is 42.4 Å². The molecule has 0 bridgehead atoms. The second kappa shape index (κ2) is 5.92. The molecule has 6 nitrogen and oxygen atoms in total. The highest BCUT2D eigenvalue weighted by Gasteiger charge is 2.12. The zero-order valence-corrected chi connectivity index (χ0v) is 12.1. The van der Waals surface area contributed by atoms with Crippen molar-refractivity contribution in [3.63, 3.8) is 0 Å². The van der Waals surface area contributed by atoms with Crippen molar-refractivity contribution in [3.8, 4) is 17.4 Å². The fraction of sp³-hybridized carbons (Fsp3) is 0.143. The van der Waals surface area contributed by atoms with Gasteiger partial charge in [-0.05, 0) is 24.3 Å². The molecule has 3 rings (SSSR count). The molecular formula is C14H13N3O3S. The summed E-state index contributed by atoms with van der Waals surface area (Å²) in [6.07, 6.45) is 1.56. The van der Waals surface area contributed by atoms with Gasteiger partial charge in [-0.25, -0.2) is 0 Å². The topological polar surface area (TPSA) is 87.3 Å². The van der Waals surface area contributed by atoms with Crippen molar-refractivity contribution in [2.45, 2.75) is 10.6 Å². The zero-order valence-electron chi connectivity index (χ0n) is 11.3. The Bertz CT molecular complexity index is 725. The number of hydrogen-bond acceptors (Lipinski definition) is 7. The number of hydrogen-bond donors (Lipinski definition) is 1. The third-order valence-electron chi connectivity index (χ3n) is 2.74. The molecule has 0 atom stereocenters. The number of anilines is 1. The summed E-state index contributed by atoms with van der Waals surface area (Å²) >= 11 is 1.55. The Labute approximate surface area is 125 Å². The summed E-state index contributed by atoms with van der Waals surface area (Å²) < 4.78 is 15.7. The average Bonchev–Trinajstić information content (AvgIpc) is 3.16. The summed E-state index contributed by atoms with van der Waals surface area (Å²) in [5.74, 6) is 2.81. The molecule has 0 aliphatic heterocycles. The lowest BCUT2D eigenvalue weighted by molar-refractivity contribution is 0.405. The highest BCUT2D eigenvalue weighted by molar-refractivity contribution is 7.98. The molecule has 0 unspecified atom stereocenters. The smallest absolute Gasteiger partial charge is 0.293 e. The van der Waals surface area contributed by atoms with Crippen molar-refractivity contribution in [2.24, 2.45) is 0 Å². The molecule has 0 spiro atoms. The van der Waals surface area contributed by atoms with E-state index in [1.165, 1.54) is 0 Å². The minimum atomic E-state index is 0.375. The van der Waals surface area contributed by atoms with Gasteiger partial charge in [-0.15, -0.1) is 11.8 Å². The van der Waals surface area contributed by atoms with E-state index < -0.39 is 0 Å². The molecule has 0 saturated heterocycles. The van der Waals surface area contributed by atoms with E-state index in [9.17, 15) is 0 Å². The van der Waals surface area contributed by atoms with Crippen LogP contribution in [-0.4, -0.2) is 17.3 Å². The number of nitrogen functional groups attached to an aromatic ring is 1. The van der Waals surface area contributed by atoms with E-state index in [1.54, 1.807) is 43.3 Å². The monoisotopic (exact) mass is 303 g/mol. The maximum atomic E-state index is 5.73. The molecule has 0 fully saturated rings. The summed E-state index contributed by atoms with van der Waals surface area (Å²) in [6.45, 7) is 0. The van der Waals surface area contributed by atoms with Crippen LogP contribution in [0.3, 0.4) is 0 Å². The average molecular weight is 303 g/mol. The number of furan rings is 1. The van der Waals surface area contributed by atoms with Crippen LogP contribution in [-0.2, 0) is 5.75 Å². The van der Waals surface area contributed by atoms with E-state index in [4.69, 9.17) is 19.4 Å². The van der Waals surface area contributed by atoms with Gasteiger partial charge in [-0.2, -0.15) is 4.98 Å². The summed E-state index contributed by atoms with van der Waals surface area (Å²) in [6, 6.07) is 9.06. The molecule has 1 aromatic carbocycles. The predicted molar refractivity (Wildman–Crippen MR) is 79.0 cm³/mol. The lowest BCUT2D eigenvalue weighted by Crippen LogP contribution is -1.91. The molecule has 0 saturated carbocycles. The molecule has 0 aliphatic carbocycles. The van der Waals surface area contributed by atoms with E-state index in [0.717, 1.165) is 10.6 Å². The van der Waals surface area contributed by atoms with Crippen LogP contribution in [0.2, 0.25) is 0 Å². The van der Waals surface area contributed by atoms with Crippen molar-refractivity contribution in [1.29, 1.82) is 0 Å². The molecule has 7 heteroatoms. The van der Waals surface area contributed by atoms with Gasteiger partial charge in [0.05, 0.1) is 19.1 Å². The first-order valence-electron chi connectivity index (χ1n) is 6.19. The lowest BCUT2D eigenvalue weighted by Gasteiger charge is -2.07. The van der Waals surface area contributed by atoms with Crippen LogP contribution in [0, 0.1) is 0 Å². The Balaban J connectivity index is 1.71. The van der Waals surface area contributed by atoms with Gasteiger partial charge in [-0.3, -0.25) is 0 Å². The maximum Gasteiger partial charge on any atom is 0.293 e. The molecule has 0 aliphatic rings. The minimum absolute atomic E-state index is 0.375. The first-order chi connectivity index (χ1) is 10.3. The third-order valence-corrected chi connectivity index (χ3v) is 3.80. The normalized spacial score (nSPS) is 10.7. The Morgan fingerprint density at radius 2 is 2.24 bits per heavy atom. The van der Waals surface area contributed by atoms with Crippen molar-refractivity contribution in [1.82, 2.24) is 10.1 Å². The molecule has 0 amide bonds. The standard InChI is InChI=1S/C14H13N3O3S/c1-18-11-7-9(15)4-5-12(11)21-8-13-16-14(20-17-13)10-3-2-6-19-10/h2-7H,8,15H2,1H3. The third kappa shape index (κ3) is 3.03. The van der Waals surface area contributed by atoms with Gasteiger partial charge in [0.2, 0.25) is 0 Å². The molecule has 21 heavy (non-hydrogen) atoms. The minimum Gasteiger partial charge on any atom is -0.496 e. The Morgan fingerprint density at radius 1 is 1.33 bits per heavy atom. The Kier molecular flexibility index (Phi) is 3.83. The Morgan fingerprint density at radius 3 is 3.00 bits per heavy atom. The summed E-state index contributed by atoms with van der Waals surface area (Å²) in [4.78, 5) is 5.25. The highest BCUT2D eigenvalue weighted by atomic mass is 32.2. The van der Waals surface area contributed by atoms with Crippen molar-refractivity contribution in [2.75, 3.05) is 12.8 Å². The van der Waals surface area contributed by atoms with Crippen molar-refractivity contribution >= 4 is 17.4 Å². The van der Waals surface area contributed by atoms with Gasteiger partial charge in [0.25, 0.3) is 5.89 Å². The second-order valence-corrected chi connectivity index (χ2v) is 5.21. The summed E-state index contributed by atoms with van der Waals surface area (Å²) in [5, 5.41) is 3.93. The molecule has 0 radical (unpaired) electrons. The van der Waals surface area contributed by atoms with Gasteiger partial charge in [0.1, 0.15) is 5.75 Å². The predicted octanol–water partition coefficient (Wildman–Crippen LogP) is 3.21. The van der Waals surface area contributed by atoms with E-state index in [2.05, 4.69) is 10.1 Å². The summed E-state index contributed by atoms with van der Waals surface area (Å²) in [7, 11) is 1.61. The van der Waals surface area contributed by atoms with Gasteiger partial charge >= 0.3 is 0 Å². The van der Waals surface area contributed by atoms with Gasteiger partial charge in [0, 0.05) is 16.6 Å². The SMILES string of the molecule is COc1cc(N)ccc1SCc1noc(-c2ccco2)n1. The van der Waals surface area contributed by atoms with E-state index >= 15 is 0 Å². The molecule has 2 N–H and O–H groups in total. The van der Waals surface area contributed by atoms with Gasteiger partial charge < -0.3 is 19.4 Å². The second-order valence-electron chi connectivity index (χ2n) is 4.19. The fourth-order valence-corrected chi connectivity index (χ4v) is 2.61. The molecule has 108 valence electrons. The van der Waals surface area contributed by atoms with Crippen LogP contribution < -0.4 is 10.5 Å². The van der Waals surface area contributed by atoms with Crippen LogP contribution in [0.15, 0.2) is 50.4 Å². The number of benzene rings is 1. The van der Waals surface area contributed by atoms with Crippen LogP contribution in [0.1, 0.15) is 5.82 Å². The first kappa shape index (κ1) is 13.6. The number of thioether (sulfide) groups is 1. The van der Waals surface area contributed by atoms with Crippen LogP contribution >= 0.6 is 11.8 Å². The Hall–Kier alpha value is -2.41. The van der Waals surface area contributed by atoms with E-state index in [1.807, 2.05) is 12.1 Å². The lowest BCUT2D eigenvalue weighted by atomic mass is 10.3. The van der Waals surface area contributed by atoms with E-state index in [-0.39, 0.29) is 0 Å². The van der Waals surface area contributed by atoms with Crippen LogP contribution in [0.5, 0.6) is 5.75 Å². The van der Waals surface area contributed by atoms with Crippen LogP contribution in [0.4, 0.5) is 5.69 Å². The molecule has 3 aromatic rings. The summed E-state index contributed by atoms with van der Waals surface area (Å²) in [5.41, 5.74) is 6.39.